The molecule has 0 bridgehead atoms. The lowest BCUT2D eigenvalue weighted by Gasteiger charge is -2.41. The van der Waals surface area contributed by atoms with Crippen LogP contribution < -0.4 is 4.74 Å². The molecule has 0 radical (unpaired) electrons. The summed E-state index contributed by atoms with van der Waals surface area (Å²) in [6.45, 7) is 6.63. The van der Waals surface area contributed by atoms with Gasteiger partial charge in [-0.25, -0.2) is 12.8 Å². The number of piperidine rings is 2. The molecular weight excluding hydrogens is 467 g/mol. The van der Waals surface area contributed by atoms with Gasteiger partial charge in [0, 0.05) is 32.2 Å². The zero-order chi connectivity index (χ0) is 25.0. The molecule has 0 atom stereocenters. The monoisotopic (exact) mass is 502 g/mol. The molecule has 0 unspecified atom stereocenters. The highest BCUT2D eigenvalue weighted by atomic mass is 32.2. The van der Waals surface area contributed by atoms with Crippen LogP contribution in [0.15, 0.2) is 53.4 Å². The average Bonchev–Trinajstić information content (AvgIpc) is 2.86. The van der Waals surface area contributed by atoms with Gasteiger partial charge in [-0.15, -0.1) is 0 Å². The van der Waals surface area contributed by atoms with Crippen LogP contribution in [0.25, 0.3) is 0 Å². The van der Waals surface area contributed by atoms with Crippen LogP contribution in [0.1, 0.15) is 45.1 Å². The zero-order valence-corrected chi connectivity index (χ0v) is 21.3. The summed E-state index contributed by atoms with van der Waals surface area (Å²) in [4.78, 5) is 17.5. The van der Waals surface area contributed by atoms with Gasteiger partial charge in [0.15, 0.2) is 21.4 Å². The number of hydrogen-bond donors (Lipinski definition) is 0. The second-order valence-corrected chi connectivity index (χ2v) is 12.3. The van der Waals surface area contributed by atoms with Crippen molar-refractivity contribution in [2.45, 2.75) is 68.2 Å². The number of rotatable bonds is 7. The fourth-order valence-electron chi connectivity index (χ4n) is 4.91. The van der Waals surface area contributed by atoms with E-state index >= 15 is 0 Å². The van der Waals surface area contributed by atoms with Crippen molar-refractivity contribution in [3.8, 4) is 5.75 Å². The van der Waals surface area contributed by atoms with E-state index in [2.05, 4.69) is 4.90 Å². The van der Waals surface area contributed by atoms with Crippen LogP contribution in [0.3, 0.4) is 0 Å². The first-order valence-electron chi connectivity index (χ1n) is 12.5. The Balaban J connectivity index is 1.22. The first-order valence-corrected chi connectivity index (χ1v) is 14.0. The number of ether oxygens (including phenoxy) is 1. The molecule has 0 saturated carbocycles. The Morgan fingerprint density at radius 3 is 2.20 bits per heavy atom. The number of benzene rings is 2. The Morgan fingerprint density at radius 2 is 1.60 bits per heavy atom. The maximum Gasteiger partial charge on any atom is 0.226 e. The molecule has 190 valence electrons. The summed E-state index contributed by atoms with van der Waals surface area (Å²) in [6, 6.07) is 13.7. The van der Waals surface area contributed by atoms with E-state index in [1.165, 1.54) is 6.07 Å². The van der Waals surface area contributed by atoms with Crippen molar-refractivity contribution in [3.05, 3.63) is 59.9 Å². The maximum absolute atomic E-state index is 13.9. The van der Waals surface area contributed by atoms with Gasteiger partial charge in [0.2, 0.25) is 5.91 Å². The van der Waals surface area contributed by atoms with Gasteiger partial charge in [0.1, 0.15) is 6.10 Å². The second kappa shape index (κ2) is 11.1. The summed E-state index contributed by atoms with van der Waals surface area (Å²) in [7, 11) is -3.31. The van der Waals surface area contributed by atoms with Gasteiger partial charge >= 0.3 is 0 Å². The number of carbonyl (C=O) groups excluding carboxylic acids is 1. The van der Waals surface area contributed by atoms with Crippen LogP contribution in [0.5, 0.6) is 5.75 Å². The largest absolute Gasteiger partial charge is 0.487 e. The number of halogens is 1. The Morgan fingerprint density at radius 1 is 0.971 bits per heavy atom. The summed E-state index contributed by atoms with van der Waals surface area (Å²) in [6.07, 6.45) is 3.94. The van der Waals surface area contributed by atoms with E-state index in [9.17, 15) is 17.6 Å². The number of nitrogens with zero attached hydrogens (tertiary/aromatic N) is 2. The molecule has 0 aliphatic carbocycles. The number of amides is 1. The van der Waals surface area contributed by atoms with Crippen molar-refractivity contribution in [3.63, 3.8) is 0 Å². The van der Waals surface area contributed by atoms with Crippen molar-refractivity contribution < 1.29 is 22.3 Å². The molecule has 2 aromatic rings. The lowest BCUT2D eigenvalue weighted by Crippen LogP contribution is -2.50. The Bertz CT molecular complexity index is 1100. The lowest BCUT2D eigenvalue weighted by molar-refractivity contribution is -0.132. The first-order chi connectivity index (χ1) is 16.7. The predicted molar refractivity (Wildman–Crippen MR) is 134 cm³/mol. The number of hydrogen-bond acceptors (Lipinski definition) is 5. The van der Waals surface area contributed by atoms with E-state index in [1.807, 2.05) is 4.90 Å². The molecule has 2 aliphatic rings. The SMILES string of the molecule is CC(C)S(=O)(=O)c1ccc(CC(=O)N2CCC(N3CCC(Oc4ccccc4F)CC3)CC2)cc1. The van der Waals surface area contributed by atoms with Crippen molar-refractivity contribution in [2.24, 2.45) is 0 Å². The first kappa shape index (κ1) is 25.6. The van der Waals surface area contributed by atoms with Crippen molar-refractivity contribution in [1.29, 1.82) is 0 Å². The molecule has 0 aromatic heterocycles. The number of sulfone groups is 1. The molecule has 6 nitrogen and oxygen atoms in total. The zero-order valence-electron chi connectivity index (χ0n) is 20.5. The van der Waals surface area contributed by atoms with E-state index in [0.717, 1.165) is 57.4 Å². The number of likely N-dealkylation sites (tertiary alicyclic amines) is 2. The maximum atomic E-state index is 13.9. The topological polar surface area (TPSA) is 66.9 Å². The molecule has 2 saturated heterocycles. The normalized spacial score (nSPS) is 18.7. The van der Waals surface area contributed by atoms with E-state index in [0.29, 0.717) is 16.7 Å². The molecule has 8 heteroatoms. The number of carbonyl (C=O) groups is 1. The molecule has 2 fully saturated rings. The highest BCUT2D eigenvalue weighted by Crippen LogP contribution is 2.25. The van der Waals surface area contributed by atoms with E-state index < -0.39 is 15.1 Å². The summed E-state index contributed by atoms with van der Waals surface area (Å²) < 4.78 is 44.3. The van der Waals surface area contributed by atoms with Crippen LogP contribution in [0.4, 0.5) is 4.39 Å². The summed E-state index contributed by atoms with van der Waals surface area (Å²) in [5.74, 6) is 0.0948. The minimum atomic E-state index is -3.31. The molecule has 35 heavy (non-hydrogen) atoms. The third-order valence-electron chi connectivity index (χ3n) is 7.17. The molecule has 2 heterocycles. The molecule has 0 N–H and O–H groups in total. The quantitative estimate of drug-likeness (QED) is 0.571. The van der Waals surface area contributed by atoms with Gasteiger partial charge in [-0.2, -0.15) is 0 Å². The highest BCUT2D eigenvalue weighted by Gasteiger charge is 2.30. The van der Waals surface area contributed by atoms with E-state index in [-0.39, 0.29) is 24.2 Å². The van der Waals surface area contributed by atoms with Gasteiger partial charge < -0.3 is 9.64 Å². The van der Waals surface area contributed by atoms with Gasteiger partial charge in [-0.3, -0.25) is 9.69 Å². The van der Waals surface area contributed by atoms with Crippen LogP contribution >= 0.6 is 0 Å². The third-order valence-corrected chi connectivity index (χ3v) is 9.34. The molecule has 2 aliphatic heterocycles. The van der Waals surface area contributed by atoms with E-state index in [1.54, 1.807) is 56.3 Å². The molecule has 1 amide bonds. The molecular formula is C27H35FN2O4S. The predicted octanol–water partition coefficient (Wildman–Crippen LogP) is 4.08. The summed E-state index contributed by atoms with van der Waals surface area (Å²) in [5, 5.41) is -0.471. The minimum absolute atomic E-state index is 0.0340. The van der Waals surface area contributed by atoms with Crippen LogP contribution in [0, 0.1) is 5.82 Å². The summed E-state index contributed by atoms with van der Waals surface area (Å²) in [5.41, 5.74) is 0.830. The number of para-hydroxylation sites is 1. The van der Waals surface area contributed by atoms with E-state index in [4.69, 9.17) is 4.74 Å². The second-order valence-electron chi connectivity index (χ2n) is 9.81. The third kappa shape index (κ3) is 6.22. The smallest absolute Gasteiger partial charge is 0.226 e. The lowest BCUT2D eigenvalue weighted by atomic mass is 9.98. The molecule has 0 spiro atoms. The van der Waals surface area contributed by atoms with Crippen molar-refractivity contribution in [2.75, 3.05) is 26.2 Å². The van der Waals surface area contributed by atoms with Crippen LogP contribution in [0.2, 0.25) is 0 Å². The average molecular weight is 503 g/mol. The van der Waals surface area contributed by atoms with Crippen molar-refractivity contribution in [1.82, 2.24) is 9.80 Å². The minimum Gasteiger partial charge on any atom is -0.487 e. The Kier molecular flexibility index (Phi) is 8.12. The standard InChI is InChI=1S/C27H35FN2O4S/c1-20(2)35(32,33)24-9-7-21(8-10-24)19-27(31)30-15-11-22(12-16-30)29-17-13-23(14-18-29)34-26-6-4-3-5-25(26)28/h3-10,20,22-23H,11-19H2,1-2H3. The Hall–Kier alpha value is -2.45. The fraction of sp³-hybridized carbons (Fsp3) is 0.519. The van der Waals surface area contributed by atoms with Gasteiger partial charge in [-0.1, -0.05) is 24.3 Å². The van der Waals surface area contributed by atoms with Crippen molar-refractivity contribution >= 4 is 15.7 Å². The van der Waals surface area contributed by atoms with Gasteiger partial charge in [0.05, 0.1) is 16.6 Å². The Labute approximate surface area is 208 Å². The molecule has 2 aromatic carbocycles. The van der Waals surface area contributed by atoms with Gasteiger partial charge in [-0.05, 0) is 69.4 Å². The highest BCUT2D eigenvalue weighted by molar-refractivity contribution is 7.92. The fourth-order valence-corrected chi connectivity index (χ4v) is 5.97. The summed E-state index contributed by atoms with van der Waals surface area (Å²) >= 11 is 0. The van der Waals surface area contributed by atoms with Crippen LogP contribution in [-0.4, -0.2) is 67.7 Å². The van der Waals surface area contributed by atoms with Crippen LogP contribution in [-0.2, 0) is 21.1 Å². The molecule has 4 rings (SSSR count). The van der Waals surface area contributed by atoms with Gasteiger partial charge in [0.25, 0.3) is 0 Å².